The number of carboxylic acids is 1. The van der Waals surface area contributed by atoms with Crippen LogP contribution < -0.4 is 10.9 Å². The van der Waals surface area contributed by atoms with Gasteiger partial charge in [-0.15, -0.1) is 0 Å². The largest absolute Gasteiger partial charge is 0.480 e. The summed E-state index contributed by atoms with van der Waals surface area (Å²) in [7, 11) is 0. The Morgan fingerprint density at radius 1 is 1.03 bits per heavy atom. The molecule has 4 rings (SSSR count). The van der Waals surface area contributed by atoms with Gasteiger partial charge in [-0.25, -0.2) is 9.59 Å². The summed E-state index contributed by atoms with van der Waals surface area (Å²) in [6, 6.07) is 10.6. The number of hydrogen-bond donors (Lipinski definition) is 2. The van der Waals surface area contributed by atoms with E-state index in [0.717, 1.165) is 22.1 Å². The van der Waals surface area contributed by atoms with Crippen LogP contribution in [0.3, 0.4) is 0 Å². The number of aryl methyl sites for hydroxylation is 2. The molecule has 0 fully saturated rings. The molecule has 2 N–H and O–H groups in total. The van der Waals surface area contributed by atoms with E-state index in [1.807, 2.05) is 37.3 Å². The van der Waals surface area contributed by atoms with Gasteiger partial charge >= 0.3 is 11.6 Å². The van der Waals surface area contributed by atoms with Crippen molar-refractivity contribution in [3.63, 3.8) is 0 Å². The molecule has 0 radical (unpaired) electrons. The first-order chi connectivity index (χ1) is 15.7. The quantitative estimate of drug-likeness (QED) is 0.418. The molecule has 7 nitrogen and oxygen atoms in total. The molecule has 0 saturated heterocycles. The van der Waals surface area contributed by atoms with Gasteiger partial charge in [-0.1, -0.05) is 43.7 Å². The summed E-state index contributed by atoms with van der Waals surface area (Å²) in [4.78, 5) is 36.6. The van der Waals surface area contributed by atoms with Gasteiger partial charge in [0.1, 0.15) is 17.2 Å². The summed E-state index contributed by atoms with van der Waals surface area (Å²) in [5.74, 6) is -1.96. The lowest BCUT2D eigenvalue weighted by molar-refractivity contribution is -0.143. The van der Waals surface area contributed by atoms with E-state index < -0.39 is 23.5 Å². The van der Waals surface area contributed by atoms with Gasteiger partial charge in [-0.3, -0.25) is 4.79 Å². The van der Waals surface area contributed by atoms with Crippen molar-refractivity contribution in [3.05, 3.63) is 69.8 Å². The Morgan fingerprint density at radius 3 is 2.36 bits per heavy atom. The van der Waals surface area contributed by atoms with E-state index in [-0.39, 0.29) is 17.9 Å². The molecule has 2 aromatic heterocycles. The predicted octanol–water partition coefficient (Wildman–Crippen LogP) is 4.59. The minimum atomic E-state index is -1.12. The summed E-state index contributed by atoms with van der Waals surface area (Å²) in [5, 5.41) is 13.4. The number of nitrogens with one attached hydrogen (secondary N) is 1. The summed E-state index contributed by atoms with van der Waals surface area (Å²) in [6.45, 7) is 7.19. The van der Waals surface area contributed by atoms with Gasteiger partial charge in [0.25, 0.3) is 0 Å². The van der Waals surface area contributed by atoms with Crippen molar-refractivity contribution in [3.8, 4) is 11.1 Å². The first-order valence-corrected chi connectivity index (χ1v) is 10.7. The average Bonchev–Trinajstić information content (AvgIpc) is 3.16. The number of hydrogen-bond acceptors (Lipinski definition) is 5. The normalized spacial score (nSPS) is 12.4. The zero-order valence-electron chi connectivity index (χ0n) is 18.9. The molecule has 170 valence electrons. The van der Waals surface area contributed by atoms with Crippen molar-refractivity contribution >= 4 is 33.8 Å². The molecular formula is C26H25NO6. The maximum atomic E-state index is 12.6. The number of amides is 1. The monoisotopic (exact) mass is 447 g/mol. The van der Waals surface area contributed by atoms with Gasteiger partial charge in [0, 0.05) is 22.4 Å². The Hall–Kier alpha value is -3.87. The van der Waals surface area contributed by atoms with Crippen LogP contribution >= 0.6 is 0 Å². The Kier molecular flexibility index (Phi) is 5.80. The van der Waals surface area contributed by atoms with Crippen molar-refractivity contribution in [2.45, 2.75) is 40.2 Å². The van der Waals surface area contributed by atoms with Crippen LogP contribution in [0.2, 0.25) is 0 Å². The molecule has 0 bridgehead atoms. The molecule has 4 aromatic rings. The lowest BCUT2D eigenvalue weighted by atomic mass is 9.98. The van der Waals surface area contributed by atoms with Gasteiger partial charge in [-0.2, -0.15) is 0 Å². The fourth-order valence-electron chi connectivity index (χ4n) is 3.97. The van der Waals surface area contributed by atoms with Crippen LogP contribution in [-0.2, 0) is 16.0 Å². The molecule has 2 heterocycles. The molecule has 1 amide bonds. The molecule has 33 heavy (non-hydrogen) atoms. The van der Waals surface area contributed by atoms with Crippen LogP contribution in [0.1, 0.15) is 30.5 Å². The number of benzene rings is 2. The van der Waals surface area contributed by atoms with Gasteiger partial charge < -0.3 is 19.3 Å². The van der Waals surface area contributed by atoms with Gasteiger partial charge in [0.15, 0.2) is 0 Å². The maximum Gasteiger partial charge on any atom is 0.340 e. The van der Waals surface area contributed by atoms with Crippen LogP contribution in [0.5, 0.6) is 0 Å². The van der Waals surface area contributed by atoms with E-state index in [0.29, 0.717) is 22.1 Å². The van der Waals surface area contributed by atoms with Gasteiger partial charge in [-0.05, 0) is 37.0 Å². The first-order valence-electron chi connectivity index (χ1n) is 10.7. The van der Waals surface area contributed by atoms with Crippen molar-refractivity contribution in [1.82, 2.24) is 5.32 Å². The van der Waals surface area contributed by atoms with E-state index in [1.54, 1.807) is 33.1 Å². The molecule has 1 atom stereocenters. The SMILES string of the molecule is Cc1ccc(-c2coc3cc4oc(=O)c(CC(=O)N[C@@H](C(=O)O)C(C)C)c(C)c4cc23)cc1. The molecule has 0 aliphatic rings. The van der Waals surface area contributed by atoms with Crippen LogP contribution in [0, 0.1) is 19.8 Å². The summed E-state index contributed by atoms with van der Waals surface area (Å²) in [5.41, 5.74) is 4.21. The van der Waals surface area contributed by atoms with Crippen LogP contribution in [0.4, 0.5) is 0 Å². The number of aliphatic carboxylic acids is 1. The third-order valence-corrected chi connectivity index (χ3v) is 5.93. The number of furan rings is 1. The fraction of sp³-hybridized carbons (Fsp3) is 0.269. The fourth-order valence-corrected chi connectivity index (χ4v) is 3.97. The smallest absolute Gasteiger partial charge is 0.340 e. The van der Waals surface area contributed by atoms with E-state index in [2.05, 4.69) is 5.32 Å². The third kappa shape index (κ3) is 4.26. The zero-order chi connectivity index (χ0) is 23.9. The third-order valence-electron chi connectivity index (χ3n) is 5.93. The molecule has 0 aliphatic heterocycles. The molecule has 0 unspecified atom stereocenters. The molecular weight excluding hydrogens is 422 g/mol. The number of carbonyl (C=O) groups excluding carboxylic acids is 1. The van der Waals surface area contributed by atoms with Crippen LogP contribution in [0.15, 0.2) is 56.3 Å². The number of fused-ring (bicyclic) bond motifs is 2. The van der Waals surface area contributed by atoms with Crippen molar-refractivity contribution in [1.29, 1.82) is 0 Å². The van der Waals surface area contributed by atoms with Crippen molar-refractivity contribution < 1.29 is 23.5 Å². The maximum absolute atomic E-state index is 12.6. The second kappa shape index (κ2) is 8.58. The standard InChI is InChI=1S/C26H25NO6/c1-13(2)24(25(29)30)27-23(28)10-18-15(4)17-9-19-20(16-7-5-14(3)6-8-16)12-32-21(19)11-22(17)33-26(18)31/h5-9,11-13,24H,10H2,1-4H3,(H,27,28)(H,29,30)/t24-/m1/s1. The van der Waals surface area contributed by atoms with E-state index >= 15 is 0 Å². The highest BCUT2D eigenvalue weighted by Gasteiger charge is 2.25. The van der Waals surface area contributed by atoms with E-state index in [9.17, 15) is 19.5 Å². The number of carbonyl (C=O) groups is 2. The Morgan fingerprint density at radius 2 is 1.73 bits per heavy atom. The lowest BCUT2D eigenvalue weighted by Crippen LogP contribution is -2.45. The molecule has 0 saturated carbocycles. The highest BCUT2D eigenvalue weighted by atomic mass is 16.4. The Labute approximate surface area is 190 Å². The van der Waals surface area contributed by atoms with Crippen LogP contribution in [-0.4, -0.2) is 23.0 Å². The summed E-state index contributed by atoms with van der Waals surface area (Å²) < 4.78 is 11.2. The second-order valence-electron chi connectivity index (χ2n) is 8.66. The van der Waals surface area contributed by atoms with Crippen molar-refractivity contribution in [2.24, 2.45) is 5.92 Å². The van der Waals surface area contributed by atoms with E-state index in [4.69, 9.17) is 8.83 Å². The minimum Gasteiger partial charge on any atom is -0.480 e. The van der Waals surface area contributed by atoms with Crippen molar-refractivity contribution in [2.75, 3.05) is 0 Å². The molecule has 0 spiro atoms. The highest BCUT2D eigenvalue weighted by Crippen LogP contribution is 2.34. The Balaban J connectivity index is 1.76. The first kappa shape index (κ1) is 22.3. The van der Waals surface area contributed by atoms with E-state index in [1.165, 1.54) is 0 Å². The second-order valence-corrected chi connectivity index (χ2v) is 8.66. The number of rotatable bonds is 6. The molecule has 2 aromatic carbocycles. The molecule has 0 aliphatic carbocycles. The molecule has 7 heteroatoms. The zero-order valence-corrected chi connectivity index (χ0v) is 18.9. The average molecular weight is 447 g/mol. The van der Waals surface area contributed by atoms with Gasteiger partial charge in [0.2, 0.25) is 5.91 Å². The topological polar surface area (TPSA) is 110 Å². The highest BCUT2D eigenvalue weighted by molar-refractivity contribution is 6.02. The van der Waals surface area contributed by atoms with Crippen LogP contribution in [0.25, 0.3) is 33.1 Å². The lowest BCUT2D eigenvalue weighted by Gasteiger charge is -2.18. The number of carboxylic acid groups (broad SMARTS) is 1. The minimum absolute atomic E-state index is 0.202. The summed E-state index contributed by atoms with van der Waals surface area (Å²) >= 11 is 0. The Bertz CT molecular complexity index is 1430. The predicted molar refractivity (Wildman–Crippen MR) is 125 cm³/mol. The van der Waals surface area contributed by atoms with Gasteiger partial charge in [0.05, 0.1) is 18.2 Å². The summed E-state index contributed by atoms with van der Waals surface area (Å²) in [6.07, 6.45) is 1.41.